The molecule has 36 heavy (non-hydrogen) atoms. The molecule has 0 spiro atoms. The maximum Gasteiger partial charge on any atom is 0.319 e. The normalized spacial score (nSPS) is 11.2. The second-order valence-corrected chi connectivity index (χ2v) is 8.25. The Hall–Kier alpha value is -4.53. The molecule has 1 unspecified atom stereocenters. The summed E-state index contributed by atoms with van der Waals surface area (Å²) in [6.45, 7) is 3.65. The molecule has 9 nitrogen and oxygen atoms in total. The molecule has 0 aliphatic heterocycles. The number of hydrogen-bond acceptors (Lipinski definition) is 5. The number of ether oxygens (including phenoxy) is 2. The van der Waals surface area contributed by atoms with Gasteiger partial charge in [0.25, 0.3) is 5.91 Å². The minimum absolute atomic E-state index is 0.205. The molecule has 0 saturated carbocycles. The number of carbonyl (C=O) groups is 3. The van der Waals surface area contributed by atoms with E-state index in [2.05, 4.69) is 21.3 Å². The van der Waals surface area contributed by atoms with Gasteiger partial charge in [-0.05, 0) is 30.2 Å². The molecule has 4 N–H and O–H groups in total. The number of urea groups is 1. The SMILES string of the molecule is COc1cc(NC(=O)C(NC(=O)Nc2ccccc2)C(C)C)c(OC)cc1NC(=O)c1ccccc1. The lowest BCUT2D eigenvalue weighted by atomic mass is 10.0. The molecule has 0 bridgehead atoms. The molecule has 9 heteroatoms. The molecule has 1 atom stereocenters. The average Bonchev–Trinajstić information content (AvgIpc) is 2.88. The highest BCUT2D eigenvalue weighted by molar-refractivity contribution is 6.06. The maximum atomic E-state index is 13.1. The molecule has 0 fully saturated rings. The van der Waals surface area contributed by atoms with Crippen LogP contribution in [0.25, 0.3) is 0 Å². The zero-order valence-corrected chi connectivity index (χ0v) is 20.6. The van der Waals surface area contributed by atoms with Gasteiger partial charge in [-0.15, -0.1) is 0 Å². The topological polar surface area (TPSA) is 118 Å². The number of rotatable bonds is 9. The van der Waals surface area contributed by atoms with Crippen molar-refractivity contribution in [2.75, 3.05) is 30.2 Å². The summed E-state index contributed by atoms with van der Waals surface area (Å²) in [6.07, 6.45) is 0. The monoisotopic (exact) mass is 490 g/mol. The van der Waals surface area contributed by atoms with Gasteiger partial charge in [0.1, 0.15) is 17.5 Å². The lowest BCUT2D eigenvalue weighted by Gasteiger charge is -2.23. The van der Waals surface area contributed by atoms with Crippen LogP contribution >= 0.6 is 0 Å². The lowest BCUT2D eigenvalue weighted by molar-refractivity contribution is -0.118. The Bertz CT molecular complexity index is 1200. The molecule has 3 aromatic rings. The summed E-state index contributed by atoms with van der Waals surface area (Å²) in [5.41, 5.74) is 1.79. The fraction of sp³-hybridized carbons (Fsp3) is 0.222. The second-order valence-electron chi connectivity index (χ2n) is 8.25. The lowest BCUT2D eigenvalue weighted by Crippen LogP contribution is -2.48. The molecule has 0 aliphatic carbocycles. The fourth-order valence-corrected chi connectivity index (χ4v) is 3.45. The third kappa shape index (κ3) is 6.75. The Morgan fingerprint density at radius 3 is 1.78 bits per heavy atom. The summed E-state index contributed by atoms with van der Waals surface area (Å²) in [6, 6.07) is 19.5. The van der Waals surface area contributed by atoms with E-state index < -0.39 is 18.0 Å². The summed E-state index contributed by atoms with van der Waals surface area (Å²) >= 11 is 0. The van der Waals surface area contributed by atoms with Crippen LogP contribution in [0.4, 0.5) is 21.9 Å². The number of para-hydroxylation sites is 1. The molecule has 4 amide bonds. The van der Waals surface area contributed by atoms with Crippen molar-refractivity contribution < 1.29 is 23.9 Å². The minimum atomic E-state index is -0.832. The number of hydrogen-bond donors (Lipinski definition) is 4. The predicted molar refractivity (Wildman–Crippen MR) is 140 cm³/mol. The predicted octanol–water partition coefficient (Wildman–Crippen LogP) is 4.74. The largest absolute Gasteiger partial charge is 0.494 e. The van der Waals surface area contributed by atoms with Gasteiger partial charge in [-0.2, -0.15) is 0 Å². The standard InChI is InChI=1S/C27H30N4O5/c1-17(2)24(31-27(34)28-19-13-9-6-10-14-19)26(33)30-21-16-22(35-3)20(15-23(21)36-4)29-25(32)18-11-7-5-8-12-18/h5-17,24H,1-4H3,(H,29,32)(H,30,33)(H2,28,31,34). The third-order valence-electron chi connectivity index (χ3n) is 5.33. The van der Waals surface area contributed by atoms with Gasteiger partial charge in [0.2, 0.25) is 5.91 Å². The number of anilines is 3. The first-order chi connectivity index (χ1) is 17.3. The number of methoxy groups -OCH3 is 2. The summed E-state index contributed by atoms with van der Waals surface area (Å²) < 4.78 is 10.9. The van der Waals surface area contributed by atoms with E-state index >= 15 is 0 Å². The van der Waals surface area contributed by atoms with Crippen molar-refractivity contribution in [1.29, 1.82) is 0 Å². The van der Waals surface area contributed by atoms with E-state index in [1.807, 2.05) is 26.0 Å². The van der Waals surface area contributed by atoms with E-state index in [1.165, 1.54) is 14.2 Å². The summed E-state index contributed by atoms with van der Waals surface area (Å²) in [5.74, 6) is -0.324. The van der Waals surface area contributed by atoms with Crippen molar-refractivity contribution in [2.45, 2.75) is 19.9 Å². The Balaban J connectivity index is 1.77. The highest BCUT2D eigenvalue weighted by atomic mass is 16.5. The van der Waals surface area contributed by atoms with E-state index in [1.54, 1.807) is 60.7 Å². The van der Waals surface area contributed by atoms with Crippen molar-refractivity contribution >= 4 is 34.9 Å². The van der Waals surface area contributed by atoms with Gasteiger partial charge in [-0.1, -0.05) is 50.2 Å². The average molecular weight is 491 g/mol. The van der Waals surface area contributed by atoms with Gasteiger partial charge in [0, 0.05) is 23.4 Å². The second kappa shape index (κ2) is 12.3. The molecule has 0 radical (unpaired) electrons. The first-order valence-electron chi connectivity index (χ1n) is 11.4. The van der Waals surface area contributed by atoms with Crippen LogP contribution in [-0.2, 0) is 4.79 Å². The maximum absolute atomic E-state index is 13.1. The number of nitrogens with one attached hydrogen (secondary N) is 4. The zero-order valence-electron chi connectivity index (χ0n) is 20.6. The van der Waals surface area contributed by atoms with E-state index in [0.717, 1.165) is 0 Å². The Morgan fingerprint density at radius 2 is 1.25 bits per heavy atom. The van der Waals surface area contributed by atoms with E-state index in [4.69, 9.17) is 9.47 Å². The minimum Gasteiger partial charge on any atom is -0.494 e. The number of carbonyl (C=O) groups excluding carboxylic acids is 3. The van der Waals surface area contributed by atoms with Gasteiger partial charge >= 0.3 is 6.03 Å². The van der Waals surface area contributed by atoms with E-state index in [-0.39, 0.29) is 11.8 Å². The molecule has 0 aromatic heterocycles. The van der Waals surface area contributed by atoms with Crippen LogP contribution in [0, 0.1) is 5.92 Å². The third-order valence-corrected chi connectivity index (χ3v) is 5.33. The van der Waals surface area contributed by atoms with Crippen LogP contribution in [0.2, 0.25) is 0 Å². The van der Waals surface area contributed by atoms with Crippen molar-refractivity contribution in [1.82, 2.24) is 5.32 Å². The van der Waals surface area contributed by atoms with Crippen LogP contribution in [0.1, 0.15) is 24.2 Å². The number of benzene rings is 3. The van der Waals surface area contributed by atoms with Crippen LogP contribution in [0.15, 0.2) is 72.8 Å². The fourth-order valence-electron chi connectivity index (χ4n) is 3.45. The first kappa shape index (κ1) is 26.1. The molecule has 3 aromatic carbocycles. The summed E-state index contributed by atoms with van der Waals surface area (Å²) in [7, 11) is 2.91. The Morgan fingerprint density at radius 1 is 0.722 bits per heavy atom. The van der Waals surface area contributed by atoms with Crippen molar-refractivity contribution in [2.24, 2.45) is 5.92 Å². The molecule has 0 saturated heterocycles. The summed E-state index contributed by atoms with van der Waals surface area (Å²) in [5, 5.41) is 11.0. The van der Waals surface area contributed by atoms with Crippen molar-refractivity contribution in [3.8, 4) is 11.5 Å². The van der Waals surface area contributed by atoms with Gasteiger partial charge < -0.3 is 30.7 Å². The van der Waals surface area contributed by atoms with E-state index in [0.29, 0.717) is 34.1 Å². The smallest absolute Gasteiger partial charge is 0.319 e. The summed E-state index contributed by atoms with van der Waals surface area (Å²) in [4.78, 5) is 38.2. The highest BCUT2D eigenvalue weighted by Gasteiger charge is 2.26. The quantitative estimate of drug-likeness (QED) is 0.346. The number of amides is 4. The molecular formula is C27H30N4O5. The van der Waals surface area contributed by atoms with Crippen LogP contribution in [0.5, 0.6) is 11.5 Å². The Labute approximate surface area is 210 Å². The van der Waals surface area contributed by atoms with Crippen LogP contribution in [-0.4, -0.2) is 38.1 Å². The van der Waals surface area contributed by atoms with Crippen molar-refractivity contribution in [3.63, 3.8) is 0 Å². The van der Waals surface area contributed by atoms with Crippen molar-refractivity contribution in [3.05, 3.63) is 78.4 Å². The first-order valence-corrected chi connectivity index (χ1v) is 11.4. The van der Waals surface area contributed by atoms with E-state index in [9.17, 15) is 14.4 Å². The van der Waals surface area contributed by atoms with Gasteiger partial charge in [0.05, 0.1) is 25.6 Å². The molecule has 0 aliphatic rings. The molecule has 0 heterocycles. The molecule has 3 rings (SSSR count). The molecular weight excluding hydrogens is 460 g/mol. The molecule has 188 valence electrons. The van der Waals surface area contributed by atoms with Gasteiger partial charge in [-0.25, -0.2) is 4.79 Å². The van der Waals surface area contributed by atoms with Gasteiger partial charge in [-0.3, -0.25) is 9.59 Å². The zero-order chi connectivity index (χ0) is 26.1. The van der Waals surface area contributed by atoms with Crippen LogP contribution in [0.3, 0.4) is 0 Å². The van der Waals surface area contributed by atoms with Crippen LogP contribution < -0.4 is 30.7 Å². The Kier molecular flexibility index (Phi) is 8.88. The highest BCUT2D eigenvalue weighted by Crippen LogP contribution is 2.37. The van der Waals surface area contributed by atoms with Gasteiger partial charge in [0.15, 0.2) is 0 Å².